The quantitative estimate of drug-likeness (QED) is 0.943. The SMILES string of the molecule is CO[C@H]1CCN(c2ccc(NC(=O)c3ccsc3)cc2)C1. The van der Waals surface area contributed by atoms with E-state index in [4.69, 9.17) is 4.74 Å². The van der Waals surface area contributed by atoms with Crippen LogP contribution >= 0.6 is 11.3 Å². The van der Waals surface area contributed by atoms with Crippen LogP contribution in [0.1, 0.15) is 16.8 Å². The second-order valence-electron chi connectivity index (χ2n) is 5.11. The highest BCUT2D eigenvalue weighted by atomic mass is 32.1. The molecule has 0 unspecified atom stereocenters. The monoisotopic (exact) mass is 302 g/mol. The van der Waals surface area contributed by atoms with E-state index >= 15 is 0 Å². The largest absolute Gasteiger partial charge is 0.380 e. The van der Waals surface area contributed by atoms with Crippen LogP contribution in [0.3, 0.4) is 0 Å². The fraction of sp³-hybridized carbons (Fsp3) is 0.312. The number of nitrogens with zero attached hydrogens (tertiary/aromatic N) is 1. The zero-order valence-corrected chi connectivity index (χ0v) is 12.7. The number of hydrogen-bond donors (Lipinski definition) is 1. The van der Waals surface area contributed by atoms with Gasteiger partial charge in [0.1, 0.15) is 0 Å². The van der Waals surface area contributed by atoms with Crippen LogP contribution in [-0.2, 0) is 4.74 Å². The third kappa shape index (κ3) is 3.25. The number of carbonyl (C=O) groups excluding carboxylic acids is 1. The zero-order chi connectivity index (χ0) is 14.7. The van der Waals surface area contributed by atoms with Crippen molar-refractivity contribution in [2.75, 3.05) is 30.4 Å². The van der Waals surface area contributed by atoms with Crippen molar-refractivity contribution in [2.24, 2.45) is 0 Å². The Bertz CT molecular complexity index is 595. The maximum Gasteiger partial charge on any atom is 0.256 e. The van der Waals surface area contributed by atoms with Crippen molar-refractivity contribution >= 4 is 28.6 Å². The molecule has 2 aromatic rings. The molecular weight excluding hydrogens is 284 g/mol. The Balaban J connectivity index is 1.63. The van der Waals surface area contributed by atoms with Crippen LogP contribution in [0.5, 0.6) is 0 Å². The summed E-state index contributed by atoms with van der Waals surface area (Å²) in [6.07, 6.45) is 1.38. The van der Waals surface area contributed by atoms with E-state index in [1.54, 1.807) is 7.11 Å². The van der Waals surface area contributed by atoms with Crippen molar-refractivity contribution < 1.29 is 9.53 Å². The number of carbonyl (C=O) groups is 1. The van der Waals surface area contributed by atoms with E-state index in [2.05, 4.69) is 10.2 Å². The summed E-state index contributed by atoms with van der Waals surface area (Å²) < 4.78 is 5.38. The molecule has 1 N–H and O–H groups in total. The van der Waals surface area contributed by atoms with Crippen molar-refractivity contribution in [3.63, 3.8) is 0 Å². The highest BCUT2D eigenvalue weighted by Crippen LogP contribution is 2.23. The lowest BCUT2D eigenvalue weighted by molar-refractivity contribution is 0.102. The van der Waals surface area contributed by atoms with Gasteiger partial charge in [-0.05, 0) is 42.1 Å². The minimum absolute atomic E-state index is 0.0652. The van der Waals surface area contributed by atoms with Gasteiger partial charge in [-0.2, -0.15) is 11.3 Å². The summed E-state index contributed by atoms with van der Waals surface area (Å²) in [5.41, 5.74) is 2.69. The molecule has 1 aromatic heterocycles. The summed E-state index contributed by atoms with van der Waals surface area (Å²) in [5.74, 6) is -0.0652. The van der Waals surface area contributed by atoms with Gasteiger partial charge in [-0.25, -0.2) is 0 Å². The van der Waals surface area contributed by atoms with Gasteiger partial charge >= 0.3 is 0 Å². The fourth-order valence-corrected chi connectivity index (χ4v) is 3.14. The molecular formula is C16H18N2O2S. The lowest BCUT2D eigenvalue weighted by Crippen LogP contribution is -2.22. The van der Waals surface area contributed by atoms with Gasteiger partial charge in [-0.3, -0.25) is 4.79 Å². The van der Waals surface area contributed by atoms with E-state index in [0.29, 0.717) is 11.7 Å². The van der Waals surface area contributed by atoms with Gasteiger partial charge in [-0.1, -0.05) is 0 Å². The van der Waals surface area contributed by atoms with Gasteiger partial charge in [-0.15, -0.1) is 0 Å². The first-order valence-electron chi connectivity index (χ1n) is 6.97. The van der Waals surface area contributed by atoms with Crippen LogP contribution < -0.4 is 10.2 Å². The van der Waals surface area contributed by atoms with Gasteiger partial charge < -0.3 is 15.0 Å². The molecule has 1 aliphatic heterocycles. The Hall–Kier alpha value is -1.85. The predicted molar refractivity (Wildman–Crippen MR) is 86.3 cm³/mol. The van der Waals surface area contributed by atoms with Crippen molar-refractivity contribution in [1.29, 1.82) is 0 Å². The Morgan fingerprint density at radius 1 is 1.33 bits per heavy atom. The van der Waals surface area contributed by atoms with Crippen molar-refractivity contribution in [2.45, 2.75) is 12.5 Å². The van der Waals surface area contributed by atoms with Gasteiger partial charge in [0.05, 0.1) is 11.7 Å². The number of anilines is 2. The molecule has 3 rings (SSSR count). The highest BCUT2D eigenvalue weighted by molar-refractivity contribution is 7.08. The highest BCUT2D eigenvalue weighted by Gasteiger charge is 2.22. The molecule has 0 saturated carbocycles. The molecule has 1 amide bonds. The molecule has 4 nitrogen and oxygen atoms in total. The normalized spacial score (nSPS) is 18.0. The van der Waals surface area contributed by atoms with Crippen LogP contribution in [0.25, 0.3) is 0 Å². The second kappa shape index (κ2) is 6.28. The lowest BCUT2D eigenvalue weighted by atomic mass is 10.2. The molecule has 0 aliphatic carbocycles. The Morgan fingerprint density at radius 2 is 2.14 bits per heavy atom. The van der Waals surface area contributed by atoms with Crippen LogP contribution in [0.15, 0.2) is 41.1 Å². The van der Waals surface area contributed by atoms with E-state index in [0.717, 1.165) is 25.2 Å². The van der Waals surface area contributed by atoms with Crippen molar-refractivity contribution in [3.05, 3.63) is 46.7 Å². The maximum atomic E-state index is 12.0. The standard InChI is InChI=1S/C16H18N2O2S/c1-20-15-6-8-18(10-15)14-4-2-13(3-5-14)17-16(19)12-7-9-21-11-12/h2-5,7,9,11,15H,6,8,10H2,1H3,(H,17,19)/t15-/m0/s1. The Labute approximate surface area is 128 Å². The molecule has 1 fully saturated rings. The fourth-order valence-electron chi connectivity index (χ4n) is 2.51. The van der Waals surface area contributed by atoms with Crippen LogP contribution in [0, 0.1) is 0 Å². The minimum atomic E-state index is -0.0652. The third-order valence-electron chi connectivity index (χ3n) is 3.75. The minimum Gasteiger partial charge on any atom is -0.380 e. The van der Waals surface area contributed by atoms with E-state index in [9.17, 15) is 4.79 Å². The summed E-state index contributed by atoms with van der Waals surface area (Å²) in [6.45, 7) is 1.94. The summed E-state index contributed by atoms with van der Waals surface area (Å²) in [7, 11) is 1.76. The number of amides is 1. The smallest absolute Gasteiger partial charge is 0.256 e. The molecule has 0 radical (unpaired) electrons. The third-order valence-corrected chi connectivity index (χ3v) is 4.44. The molecule has 1 aliphatic rings. The average Bonchev–Trinajstić information content (AvgIpc) is 3.19. The number of nitrogens with one attached hydrogen (secondary N) is 1. The molecule has 0 spiro atoms. The molecule has 5 heteroatoms. The first-order chi connectivity index (χ1) is 10.3. The Kier molecular flexibility index (Phi) is 4.22. The number of hydrogen-bond acceptors (Lipinski definition) is 4. The summed E-state index contributed by atoms with van der Waals surface area (Å²) in [5, 5.41) is 6.65. The molecule has 110 valence electrons. The topological polar surface area (TPSA) is 41.6 Å². The molecule has 21 heavy (non-hydrogen) atoms. The first-order valence-corrected chi connectivity index (χ1v) is 7.92. The first kappa shape index (κ1) is 14.1. The number of methoxy groups -OCH3 is 1. The molecule has 1 atom stereocenters. The van der Waals surface area contributed by atoms with Crippen LogP contribution in [0.4, 0.5) is 11.4 Å². The van der Waals surface area contributed by atoms with Crippen molar-refractivity contribution in [1.82, 2.24) is 0 Å². The second-order valence-corrected chi connectivity index (χ2v) is 5.89. The predicted octanol–water partition coefficient (Wildman–Crippen LogP) is 3.23. The zero-order valence-electron chi connectivity index (χ0n) is 11.9. The molecule has 1 saturated heterocycles. The van der Waals surface area contributed by atoms with Crippen molar-refractivity contribution in [3.8, 4) is 0 Å². The van der Waals surface area contributed by atoms with Gasteiger partial charge in [0, 0.05) is 37.0 Å². The molecule has 0 bridgehead atoms. The molecule has 1 aromatic carbocycles. The van der Waals surface area contributed by atoms with E-state index < -0.39 is 0 Å². The summed E-state index contributed by atoms with van der Waals surface area (Å²) >= 11 is 1.52. The number of rotatable bonds is 4. The van der Waals surface area contributed by atoms with E-state index in [1.807, 2.05) is 41.1 Å². The van der Waals surface area contributed by atoms with Gasteiger partial charge in [0.25, 0.3) is 5.91 Å². The summed E-state index contributed by atoms with van der Waals surface area (Å²) in [6, 6.07) is 9.80. The number of ether oxygens (including phenoxy) is 1. The van der Waals surface area contributed by atoms with E-state index in [-0.39, 0.29) is 5.91 Å². The Morgan fingerprint density at radius 3 is 2.76 bits per heavy atom. The lowest BCUT2D eigenvalue weighted by Gasteiger charge is -2.18. The van der Waals surface area contributed by atoms with Crippen LogP contribution in [0.2, 0.25) is 0 Å². The van der Waals surface area contributed by atoms with Gasteiger partial charge in [0.15, 0.2) is 0 Å². The van der Waals surface area contributed by atoms with Gasteiger partial charge in [0.2, 0.25) is 0 Å². The number of thiophene rings is 1. The summed E-state index contributed by atoms with van der Waals surface area (Å²) in [4.78, 5) is 14.3. The van der Waals surface area contributed by atoms with E-state index in [1.165, 1.54) is 17.0 Å². The molecule has 2 heterocycles. The maximum absolute atomic E-state index is 12.0. The van der Waals surface area contributed by atoms with Crippen LogP contribution in [-0.4, -0.2) is 32.2 Å². The number of benzene rings is 1. The average molecular weight is 302 g/mol.